The molecule has 16 heavy (non-hydrogen) atoms. The van der Waals surface area contributed by atoms with Crippen molar-refractivity contribution in [2.75, 3.05) is 11.9 Å². The molecule has 1 amide bonds. The largest absolute Gasteiger partial charge is 0.329 e. The van der Waals surface area contributed by atoms with E-state index in [4.69, 9.17) is 5.73 Å². The lowest BCUT2D eigenvalue weighted by Gasteiger charge is -2.20. The van der Waals surface area contributed by atoms with E-state index in [1.54, 1.807) is 0 Å². The van der Waals surface area contributed by atoms with Crippen molar-refractivity contribution in [3.8, 4) is 0 Å². The van der Waals surface area contributed by atoms with Crippen LogP contribution < -0.4 is 11.1 Å². The number of nitrogens with one attached hydrogen (secondary N) is 2. The number of amides is 1. The molecule has 1 aromatic heterocycles. The predicted molar refractivity (Wildman–Crippen MR) is 64.0 cm³/mol. The van der Waals surface area contributed by atoms with Crippen LogP contribution in [0.3, 0.4) is 0 Å². The minimum Gasteiger partial charge on any atom is -0.329 e. The van der Waals surface area contributed by atoms with Gasteiger partial charge in [-0.15, -0.1) is 0 Å². The Morgan fingerprint density at radius 1 is 1.62 bits per heavy atom. The number of carbonyl (C=O) groups excluding carboxylic acids is 1. The molecule has 0 unspecified atom stereocenters. The van der Waals surface area contributed by atoms with Crippen LogP contribution >= 0.6 is 0 Å². The molecule has 0 spiro atoms. The zero-order valence-electron chi connectivity index (χ0n) is 10.1. The van der Waals surface area contributed by atoms with Gasteiger partial charge in [0.1, 0.15) is 0 Å². The van der Waals surface area contributed by atoms with Crippen LogP contribution in [0.1, 0.15) is 32.9 Å². The van der Waals surface area contributed by atoms with E-state index >= 15 is 0 Å². The number of hydrogen-bond acceptors (Lipinski definition) is 3. The van der Waals surface area contributed by atoms with Crippen molar-refractivity contribution in [2.45, 2.75) is 33.6 Å². The van der Waals surface area contributed by atoms with E-state index in [0.717, 1.165) is 18.5 Å². The van der Waals surface area contributed by atoms with Crippen LogP contribution in [0, 0.1) is 5.41 Å². The van der Waals surface area contributed by atoms with Gasteiger partial charge in [-0.2, -0.15) is 5.10 Å². The first-order valence-corrected chi connectivity index (χ1v) is 5.55. The lowest BCUT2D eigenvalue weighted by molar-refractivity contribution is -0.123. The van der Waals surface area contributed by atoms with Crippen molar-refractivity contribution in [1.29, 1.82) is 0 Å². The highest BCUT2D eigenvalue weighted by molar-refractivity contribution is 5.94. The normalized spacial score (nSPS) is 11.5. The van der Waals surface area contributed by atoms with Crippen LogP contribution in [0.15, 0.2) is 6.07 Å². The summed E-state index contributed by atoms with van der Waals surface area (Å²) in [6, 6.07) is 1.86. The predicted octanol–water partition coefficient (Wildman–Crippen LogP) is 1.29. The number of rotatable bonds is 5. The maximum atomic E-state index is 11.8. The minimum absolute atomic E-state index is 0.107. The molecule has 4 N–H and O–H groups in total. The Bertz CT molecular complexity index is 357. The molecule has 1 rings (SSSR count). The first-order valence-electron chi connectivity index (χ1n) is 5.55. The van der Waals surface area contributed by atoms with Crippen molar-refractivity contribution in [1.82, 2.24) is 10.2 Å². The summed E-state index contributed by atoms with van der Waals surface area (Å²) >= 11 is 0. The van der Waals surface area contributed by atoms with Gasteiger partial charge in [-0.25, -0.2) is 0 Å². The second-order valence-corrected chi connectivity index (χ2v) is 4.57. The van der Waals surface area contributed by atoms with Crippen LogP contribution in [-0.2, 0) is 11.2 Å². The van der Waals surface area contributed by atoms with Gasteiger partial charge in [-0.05, 0) is 20.3 Å². The molecule has 0 aliphatic heterocycles. The van der Waals surface area contributed by atoms with Gasteiger partial charge in [0.15, 0.2) is 5.82 Å². The van der Waals surface area contributed by atoms with E-state index in [-0.39, 0.29) is 5.91 Å². The van der Waals surface area contributed by atoms with E-state index in [9.17, 15) is 4.79 Å². The van der Waals surface area contributed by atoms with Gasteiger partial charge >= 0.3 is 0 Å². The SMILES string of the molecule is CCCc1cc(NC(=O)C(C)(C)CN)n[nH]1. The molecule has 0 saturated heterocycles. The average molecular weight is 224 g/mol. The van der Waals surface area contributed by atoms with Crippen LogP contribution in [0.5, 0.6) is 0 Å². The van der Waals surface area contributed by atoms with Crippen molar-refractivity contribution >= 4 is 11.7 Å². The molecule has 5 heteroatoms. The minimum atomic E-state index is -0.566. The van der Waals surface area contributed by atoms with Gasteiger partial charge in [0.25, 0.3) is 0 Å². The number of anilines is 1. The zero-order chi connectivity index (χ0) is 12.2. The lowest BCUT2D eigenvalue weighted by atomic mass is 9.93. The van der Waals surface area contributed by atoms with Gasteiger partial charge in [0.05, 0.1) is 5.41 Å². The highest BCUT2D eigenvalue weighted by Gasteiger charge is 2.26. The Balaban J connectivity index is 2.63. The number of aromatic nitrogens is 2. The van der Waals surface area contributed by atoms with Gasteiger partial charge < -0.3 is 11.1 Å². The molecule has 0 atom stereocenters. The average Bonchev–Trinajstić information content (AvgIpc) is 2.66. The number of nitrogens with two attached hydrogens (primary N) is 1. The Hall–Kier alpha value is -1.36. The maximum Gasteiger partial charge on any atom is 0.232 e. The van der Waals surface area contributed by atoms with E-state index in [2.05, 4.69) is 22.4 Å². The van der Waals surface area contributed by atoms with Crippen LogP contribution in [0.4, 0.5) is 5.82 Å². The van der Waals surface area contributed by atoms with E-state index in [0.29, 0.717) is 12.4 Å². The Morgan fingerprint density at radius 2 is 2.31 bits per heavy atom. The van der Waals surface area contributed by atoms with E-state index in [1.165, 1.54) is 0 Å². The van der Waals surface area contributed by atoms with Gasteiger partial charge in [0.2, 0.25) is 5.91 Å². The quantitative estimate of drug-likeness (QED) is 0.704. The Morgan fingerprint density at radius 3 is 2.88 bits per heavy atom. The van der Waals surface area contributed by atoms with Crippen molar-refractivity contribution in [3.05, 3.63) is 11.8 Å². The summed E-state index contributed by atoms with van der Waals surface area (Å²) in [6.45, 7) is 6.02. The first kappa shape index (κ1) is 12.7. The summed E-state index contributed by atoms with van der Waals surface area (Å²) in [7, 11) is 0. The van der Waals surface area contributed by atoms with Gasteiger partial charge in [0, 0.05) is 18.3 Å². The van der Waals surface area contributed by atoms with Gasteiger partial charge in [-0.3, -0.25) is 9.89 Å². The van der Waals surface area contributed by atoms with Crippen LogP contribution in [-0.4, -0.2) is 22.6 Å². The summed E-state index contributed by atoms with van der Waals surface area (Å²) in [5, 5.41) is 9.66. The molecule has 0 aliphatic carbocycles. The molecule has 0 bridgehead atoms. The molecule has 0 saturated carbocycles. The van der Waals surface area contributed by atoms with Crippen molar-refractivity contribution in [2.24, 2.45) is 11.1 Å². The molecular formula is C11H20N4O. The number of carbonyl (C=O) groups is 1. The van der Waals surface area contributed by atoms with E-state index < -0.39 is 5.41 Å². The summed E-state index contributed by atoms with van der Waals surface area (Å²) in [6.07, 6.45) is 1.98. The first-order chi connectivity index (χ1) is 7.49. The highest BCUT2D eigenvalue weighted by Crippen LogP contribution is 2.16. The molecule has 90 valence electrons. The molecule has 0 aromatic carbocycles. The highest BCUT2D eigenvalue weighted by atomic mass is 16.2. The zero-order valence-corrected chi connectivity index (χ0v) is 10.1. The second kappa shape index (κ2) is 5.12. The third-order valence-corrected chi connectivity index (χ3v) is 2.52. The summed E-state index contributed by atoms with van der Waals surface area (Å²) in [4.78, 5) is 11.8. The molecule has 1 heterocycles. The Labute approximate surface area is 95.8 Å². The molecule has 0 fully saturated rings. The van der Waals surface area contributed by atoms with Gasteiger partial charge in [-0.1, -0.05) is 13.3 Å². The standard InChI is InChI=1S/C11H20N4O/c1-4-5-8-6-9(15-14-8)13-10(16)11(2,3)7-12/h6H,4-5,7,12H2,1-3H3,(H2,13,14,15,16). The third kappa shape index (κ3) is 3.06. The number of aromatic amines is 1. The fraction of sp³-hybridized carbons (Fsp3) is 0.636. The summed E-state index contributed by atoms with van der Waals surface area (Å²) in [5.41, 5.74) is 5.99. The molecule has 1 aromatic rings. The maximum absolute atomic E-state index is 11.8. The molecule has 0 radical (unpaired) electrons. The lowest BCUT2D eigenvalue weighted by Crippen LogP contribution is -2.37. The number of aryl methyl sites for hydroxylation is 1. The monoisotopic (exact) mass is 224 g/mol. The van der Waals surface area contributed by atoms with Crippen molar-refractivity contribution in [3.63, 3.8) is 0 Å². The molecule has 5 nitrogen and oxygen atoms in total. The fourth-order valence-electron chi connectivity index (χ4n) is 1.20. The number of H-pyrrole nitrogens is 1. The topological polar surface area (TPSA) is 83.8 Å². The van der Waals surface area contributed by atoms with Crippen LogP contribution in [0.2, 0.25) is 0 Å². The molecule has 0 aliphatic rings. The Kier molecular flexibility index (Phi) is 4.06. The van der Waals surface area contributed by atoms with Crippen LogP contribution in [0.25, 0.3) is 0 Å². The van der Waals surface area contributed by atoms with Crippen molar-refractivity contribution < 1.29 is 4.79 Å². The smallest absolute Gasteiger partial charge is 0.232 e. The summed E-state index contributed by atoms with van der Waals surface area (Å²) in [5.74, 6) is 0.458. The second-order valence-electron chi connectivity index (χ2n) is 4.57. The van der Waals surface area contributed by atoms with E-state index in [1.807, 2.05) is 19.9 Å². The summed E-state index contributed by atoms with van der Waals surface area (Å²) < 4.78 is 0. The molecular weight excluding hydrogens is 204 g/mol. The number of nitrogens with zero attached hydrogens (tertiary/aromatic N) is 1. The third-order valence-electron chi connectivity index (χ3n) is 2.52. The number of hydrogen-bond donors (Lipinski definition) is 3. The fourth-order valence-corrected chi connectivity index (χ4v) is 1.20.